The van der Waals surface area contributed by atoms with Crippen molar-refractivity contribution in [2.45, 2.75) is 19.4 Å². The van der Waals surface area contributed by atoms with Crippen molar-refractivity contribution in [2.75, 3.05) is 19.5 Å². The van der Waals surface area contributed by atoms with Gasteiger partial charge in [-0.3, -0.25) is 19.3 Å². The summed E-state index contributed by atoms with van der Waals surface area (Å²) in [6.45, 7) is 1.61. The van der Waals surface area contributed by atoms with E-state index in [0.717, 1.165) is 6.42 Å². The van der Waals surface area contributed by atoms with Gasteiger partial charge in [-0.2, -0.15) is 0 Å². The van der Waals surface area contributed by atoms with Crippen LogP contribution in [-0.4, -0.2) is 42.9 Å². The Morgan fingerprint density at radius 1 is 1.07 bits per heavy atom. The maximum Gasteiger partial charge on any atom is 0.247 e. The lowest BCUT2D eigenvalue weighted by molar-refractivity contribution is -0.146. The largest absolute Gasteiger partial charge is 0.497 e. The van der Waals surface area contributed by atoms with Crippen molar-refractivity contribution in [3.05, 3.63) is 30.4 Å². The van der Waals surface area contributed by atoms with E-state index in [0.29, 0.717) is 29.0 Å². The molecule has 1 saturated heterocycles. The molecule has 1 N–H and O–H groups in total. The molecule has 7 heteroatoms. The maximum absolute atomic E-state index is 13.2. The van der Waals surface area contributed by atoms with Gasteiger partial charge in [0.05, 0.1) is 31.7 Å². The van der Waals surface area contributed by atoms with Crippen LogP contribution in [-0.2, 0) is 14.4 Å². The van der Waals surface area contributed by atoms with Gasteiger partial charge in [0.1, 0.15) is 17.5 Å². The number of methoxy groups -OCH3 is 2. The summed E-state index contributed by atoms with van der Waals surface area (Å²) in [5, 5.41) is 2.79. The van der Waals surface area contributed by atoms with E-state index in [1.165, 1.54) is 12.0 Å². The molecule has 4 aliphatic carbocycles. The third-order valence-electron chi connectivity index (χ3n) is 7.13. The molecule has 1 heterocycles. The van der Waals surface area contributed by atoms with E-state index >= 15 is 0 Å². The van der Waals surface area contributed by atoms with Crippen LogP contribution in [0.1, 0.15) is 13.3 Å². The highest BCUT2D eigenvalue weighted by Gasteiger charge is 2.67. The Morgan fingerprint density at radius 2 is 1.69 bits per heavy atom. The Bertz CT molecular complexity index is 905. The lowest BCUT2D eigenvalue weighted by atomic mass is 9.63. The van der Waals surface area contributed by atoms with E-state index < -0.39 is 11.9 Å². The van der Waals surface area contributed by atoms with Gasteiger partial charge >= 0.3 is 0 Å². The van der Waals surface area contributed by atoms with Crippen molar-refractivity contribution in [1.82, 2.24) is 4.90 Å². The van der Waals surface area contributed by atoms with E-state index in [1.54, 1.807) is 32.2 Å². The zero-order valence-electron chi connectivity index (χ0n) is 16.6. The number of nitrogens with one attached hydrogen (secondary N) is 1. The molecule has 1 aromatic rings. The average Bonchev–Trinajstić information content (AvgIpc) is 3.51. The van der Waals surface area contributed by atoms with Crippen LogP contribution in [0.4, 0.5) is 5.69 Å². The Morgan fingerprint density at radius 3 is 2.24 bits per heavy atom. The van der Waals surface area contributed by atoms with Gasteiger partial charge in [-0.1, -0.05) is 12.2 Å². The monoisotopic (exact) mass is 396 g/mol. The van der Waals surface area contributed by atoms with E-state index in [2.05, 4.69) is 17.5 Å². The van der Waals surface area contributed by atoms with Crippen LogP contribution in [0.2, 0.25) is 0 Å². The molecule has 1 aromatic carbocycles. The Labute approximate surface area is 169 Å². The standard InChI is InChI=1S/C22H24N2O5/c1-10(20(25)23-16-7-4-11(28-2)8-17(16)29-3)24-21(26)18-12-5-6-13(15-9-14(12)15)19(18)22(24)27/h4-8,10,12-15,18-19H,9H2,1-3H3,(H,23,25)/t10-,12-,13+,14+,15-,18+,19-/m0/s1. The number of carbonyl (C=O) groups excluding carboxylic acids is 3. The molecule has 7 nitrogen and oxygen atoms in total. The number of imide groups is 1. The van der Waals surface area contributed by atoms with Crippen LogP contribution in [0.3, 0.4) is 0 Å². The van der Waals surface area contributed by atoms with Crippen molar-refractivity contribution in [3.63, 3.8) is 0 Å². The fraction of sp³-hybridized carbons (Fsp3) is 0.500. The first-order valence-corrected chi connectivity index (χ1v) is 10.0. The predicted octanol–water partition coefficient (Wildman–Crippen LogP) is 2.08. The van der Waals surface area contributed by atoms with E-state index in [-0.39, 0.29) is 35.5 Å². The number of rotatable bonds is 5. The molecule has 2 bridgehead atoms. The van der Waals surface area contributed by atoms with E-state index in [9.17, 15) is 14.4 Å². The van der Waals surface area contributed by atoms with Gasteiger partial charge in [0, 0.05) is 6.07 Å². The predicted molar refractivity (Wildman–Crippen MR) is 104 cm³/mol. The average molecular weight is 396 g/mol. The second kappa shape index (κ2) is 6.34. The van der Waals surface area contributed by atoms with Crippen molar-refractivity contribution >= 4 is 23.4 Å². The summed E-state index contributed by atoms with van der Waals surface area (Å²) in [5.41, 5.74) is 0.463. The van der Waals surface area contributed by atoms with Gasteiger partial charge < -0.3 is 14.8 Å². The number of ether oxygens (including phenoxy) is 2. The van der Waals surface area contributed by atoms with Crippen molar-refractivity contribution in [3.8, 4) is 11.5 Å². The van der Waals surface area contributed by atoms with Crippen LogP contribution < -0.4 is 14.8 Å². The summed E-state index contributed by atoms with van der Waals surface area (Å²) in [6, 6.07) is 4.16. The van der Waals surface area contributed by atoms with Crippen molar-refractivity contribution in [2.24, 2.45) is 35.5 Å². The Balaban J connectivity index is 1.36. The van der Waals surface area contributed by atoms with Gasteiger partial charge in [-0.15, -0.1) is 0 Å². The number of carbonyl (C=O) groups is 3. The molecule has 1 aliphatic heterocycles. The van der Waals surface area contributed by atoms with Crippen molar-refractivity contribution in [1.29, 1.82) is 0 Å². The van der Waals surface area contributed by atoms with Crippen LogP contribution in [0.5, 0.6) is 11.5 Å². The van der Waals surface area contributed by atoms with E-state index in [4.69, 9.17) is 9.47 Å². The molecule has 29 heavy (non-hydrogen) atoms. The lowest BCUT2D eigenvalue weighted by Crippen LogP contribution is -2.46. The highest BCUT2D eigenvalue weighted by molar-refractivity contribution is 6.10. The van der Waals surface area contributed by atoms with Gasteiger partial charge in [-0.25, -0.2) is 0 Å². The molecule has 3 amide bonds. The molecule has 2 saturated carbocycles. The molecule has 0 unspecified atom stereocenters. The number of amides is 3. The highest BCUT2D eigenvalue weighted by Crippen LogP contribution is 2.65. The van der Waals surface area contributed by atoms with Crippen LogP contribution in [0, 0.1) is 35.5 Å². The first-order valence-electron chi connectivity index (χ1n) is 10.0. The Hall–Kier alpha value is -2.83. The molecule has 6 rings (SSSR count). The molecule has 3 fully saturated rings. The normalized spacial score (nSPS) is 34.5. The first kappa shape index (κ1) is 18.2. The number of benzene rings is 1. The zero-order chi connectivity index (χ0) is 20.4. The molecular formula is C22H24N2O5. The molecule has 0 aromatic heterocycles. The SMILES string of the molecule is COc1ccc(NC(=O)[C@H](C)N2C(=O)[C@@H]3[C@H]4C=C[C@H]([C@@H]5C[C@H]45)[C@@H]3C2=O)c(OC)c1. The first-order chi connectivity index (χ1) is 14.0. The third-order valence-corrected chi connectivity index (χ3v) is 7.13. The molecular weight excluding hydrogens is 372 g/mol. The smallest absolute Gasteiger partial charge is 0.247 e. The summed E-state index contributed by atoms with van der Waals surface area (Å²) in [4.78, 5) is 40.4. The zero-order valence-corrected chi connectivity index (χ0v) is 16.6. The van der Waals surface area contributed by atoms with Gasteiger partial charge in [0.15, 0.2) is 0 Å². The van der Waals surface area contributed by atoms with Crippen molar-refractivity contribution < 1.29 is 23.9 Å². The minimum absolute atomic E-state index is 0.147. The maximum atomic E-state index is 13.2. The minimum Gasteiger partial charge on any atom is -0.497 e. The topological polar surface area (TPSA) is 84.9 Å². The number of anilines is 1. The van der Waals surface area contributed by atoms with Crippen LogP contribution in [0.15, 0.2) is 30.4 Å². The molecule has 152 valence electrons. The van der Waals surface area contributed by atoms with E-state index in [1.807, 2.05) is 0 Å². The summed E-state index contributed by atoms with van der Waals surface area (Å²) < 4.78 is 10.5. The molecule has 0 radical (unpaired) electrons. The highest BCUT2D eigenvalue weighted by atomic mass is 16.5. The number of hydrogen-bond donors (Lipinski definition) is 1. The number of likely N-dealkylation sites (tertiary alicyclic amines) is 1. The third kappa shape index (κ3) is 2.52. The van der Waals surface area contributed by atoms with Gasteiger partial charge in [0.2, 0.25) is 17.7 Å². The van der Waals surface area contributed by atoms with Gasteiger partial charge in [0.25, 0.3) is 0 Å². The van der Waals surface area contributed by atoms with Gasteiger partial charge in [-0.05, 0) is 49.1 Å². The number of nitrogens with zero attached hydrogens (tertiary/aromatic N) is 1. The second-order valence-electron chi connectivity index (χ2n) is 8.43. The second-order valence-corrected chi connectivity index (χ2v) is 8.43. The minimum atomic E-state index is -0.886. The summed E-state index contributed by atoms with van der Waals surface area (Å²) in [7, 11) is 3.05. The Kier molecular flexibility index (Phi) is 3.98. The summed E-state index contributed by atoms with van der Waals surface area (Å²) in [6.07, 6.45) is 5.37. The fourth-order valence-electron chi connectivity index (χ4n) is 5.62. The number of hydrogen-bond acceptors (Lipinski definition) is 5. The van der Waals surface area contributed by atoms with Crippen LogP contribution in [0.25, 0.3) is 0 Å². The summed E-state index contributed by atoms with van der Waals surface area (Å²) in [5.74, 6) is 0.998. The quantitative estimate of drug-likeness (QED) is 0.609. The molecule has 0 spiro atoms. The summed E-state index contributed by atoms with van der Waals surface area (Å²) >= 11 is 0. The molecule has 5 aliphatic rings. The molecule has 7 atom stereocenters. The van der Waals surface area contributed by atoms with Crippen LogP contribution >= 0.6 is 0 Å². The lowest BCUT2D eigenvalue weighted by Gasteiger charge is -2.37. The number of allylic oxidation sites excluding steroid dienone is 2. The fourth-order valence-corrected chi connectivity index (χ4v) is 5.62.